The van der Waals surface area contributed by atoms with Crippen LogP contribution in [0.2, 0.25) is 0 Å². The monoisotopic (exact) mass is 326 g/mol. The molecular weight excluding hydrogens is 312 g/mol. The Morgan fingerprint density at radius 2 is 1.88 bits per heavy atom. The van der Waals surface area contributed by atoms with Crippen LogP contribution in [0.4, 0.5) is 0 Å². The van der Waals surface area contributed by atoms with Gasteiger partial charge >= 0.3 is 11.6 Å². The highest BCUT2D eigenvalue weighted by atomic mass is 16.6. The fourth-order valence-electron chi connectivity index (χ4n) is 2.20. The lowest BCUT2D eigenvalue weighted by Crippen LogP contribution is -2.15. The zero-order valence-electron chi connectivity index (χ0n) is 12.6. The molecule has 0 saturated heterocycles. The third-order valence-electron chi connectivity index (χ3n) is 3.30. The van der Waals surface area contributed by atoms with Gasteiger partial charge in [-0.05, 0) is 24.3 Å². The standard InChI is InChI=1S/C18H14O6/c19-13-6-7-15-12(8-17(20)24-16(15)9-13)10-23-18(21)11-22-14-4-2-1-3-5-14/h1-9,19H,10-11H2. The summed E-state index contributed by atoms with van der Waals surface area (Å²) >= 11 is 0. The zero-order valence-corrected chi connectivity index (χ0v) is 12.6. The van der Waals surface area contributed by atoms with Gasteiger partial charge in [0.15, 0.2) is 6.61 Å². The van der Waals surface area contributed by atoms with Crippen LogP contribution < -0.4 is 10.4 Å². The molecule has 1 N–H and O–H groups in total. The Hall–Kier alpha value is -3.28. The van der Waals surface area contributed by atoms with Gasteiger partial charge < -0.3 is 19.0 Å². The molecule has 122 valence electrons. The number of hydrogen-bond donors (Lipinski definition) is 1. The number of ether oxygens (including phenoxy) is 2. The molecule has 2 aromatic carbocycles. The molecule has 3 aromatic rings. The second-order valence-electron chi connectivity index (χ2n) is 5.03. The minimum absolute atomic E-state index is 0.0175. The Morgan fingerprint density at radius 3 is 2.67 bits per heavy atom. The summed E-state index contributed by atoms with van der Waals surface area (Å²) in [6.07, 6.45) is 0. The summed E-state index contributed by atoms with van der Waals surface area (Å²) in [5.74, 6) is -0.00851. The van der Waals surface area contributed by atoms with Crippen molar-refractivity contribution in [2.24, 2.45) is 0 Å². The van der Waals surface area contributed by atoms with Crippen molar-refractivity contribution in [3.63, 3.8) is 0 Å². The third kappa shape index (κ3) is 3.73. The molecule has 1 aromatic heterocycles. The maximum atomic E-state index is 11.8. The molecule has 6 nitrogen and oxygen atoms in total. The van der Waals surface area contributed by atoms with E-state index in [-0.39, 0.29) is 24.5 Å². The quantitative estimate of drug-likeness (QED) is 0.573. The highest BCUT2D eigenvalue weighted by Gasteiger charge is 2.10. The summed E-state index contributed by atoms with van der Waals surface area (Å²) in [7, 11) is 0. The van der Waals surface area contributed by atoms with E-state index in [1.165, 1.54) is 18.2 Å². The Kier molecular flexibility index (Phi) is 4.47. The molecule has 0 bridgehead atoms. The maximum Gasteiger partial charge on any atom is 0.344 e. The van der Waals surface area contributed by atoms with Crippen LogP contribution >= 0.6 is 0 Å². The average Bonchev–Trinajstić information content (AvgIpc) is 2.58. The molecule has 0 aliphatic rings. The maximum absolute atomic E-state index is 11.8. The summed E-state index contributed by atoms with van der Waals surface area (Å²) in [6.45, 7) is -0.325. The van der Waals surface area contributed by atoms with Gasteiger partial charge in [0.1, 0.15) is 23.7 Å². The number of esters is 1. The Morgan fingerprint density at radius 1 is 1.08 bits per heavy atom. The lowest BCUT2D eigenvalue weighted by Gasteiger charge is -2.08. The summed E-state index contributed by atoms with van der Waals surface area (Å²) in [4.78, 5) is 23.3. The number of carbonyl (C=O) groups is 1. The molecule has 0 atom stereocenters. The van der Waals surface area contributed by atoms with Crippen LogP contribution in [-0.4, -0.2) is 17.7 Å². The first-order valence-corrected chi connectivity index (χ1v) is 7.21. The van der Waals surface area contributed by atoms with Crippen molar-refractivity contribution in [3.8, 4) is 11.5 Å². The average molecular weight is 326 g/mol. The van der Waals surface area contributed by atoms with Crippen LogP contribution in [-0.2, 0) is 16.1 Å². The Bertz CT molecular complexity index is 914. The van der Waals surface area contributed by atoms with Crippen molar-refractivity contribution >= 4 is 16.9 Å². The molecule has 24 heavy (non-hydrogen) atoms. The third-order valence-corrected chi connectivity index (χ3v) is 3.30. The number of rotatable bonds is 5. The van der Waals surface area contributed by atoms with Crippen molar-refractivity contribution < 1.29 is 23.8 Å². The number of aromatic hydroxyl groups is 1. The van der Waals surface area contributed by atoms with Crippen molar-refractivity contribution in [1.82, 2.24) is 0 Å². The minimum atomic E-state index is -0.584. The molecule has 0 radical (unpaired) electrons. The van der Waals surface area contributed by atoms with Crippen LogP contribution in [0.5, 0.6) is 11.5 Å². The van der Waals surface area contributed by atoms with Crippen molar-refractivity contribution in [2.45, 2.75) is 6.61 Å². The van der Waals surface area contributed by atoms with Crippen LogP contribution in [0.15, 0.2) is 63.8 Å². The number of phenols is 1. The van der Waals surface area contributed by atoms with Gasteiger partial charge in [-0.25, -0.2) is 9.59 Å². The van der Waals surface area contributed by atoms with E-state index in [2.05, 4.69) is 0 Å². The second kappa shape index (κ2) is 6.87. The van der Waals surface area contributed by atoms with Crippen molar-refractivity contribution in [1.29, 1.82) is 0 Å². The SMILES string of the molecule is O=C(COc1ccccc1)OCc1cc(=O)oc2cc(O)ccc12. The molecule has 3 rings (SSSR count). The molecule has 0 unspecified atom stereocenters. The van der Waals surface area contributed by atoms with E-state index in [1.54, 1.807) is 30.3 Å². The topological polar surface area (TPSA) is 86.0 Å². The Balaban J connectivity index is 1.67. The highest BCUT2D eigenvalue weighted by molar-refractivity contribution is 5.81. The van der Waals surface area contributed by atoms with E-state index in [0.717, 1.165) is 0 Å². The van der Waals surface area contributed by atoms with E-state index in [0.29, 0.717) is 16.7 Å². The Labute approximate surface area is 136 Å². The summed E-state index contributed by atoms with van der Waals surface area (Å²) < 4.78 is 15.4. The second-order valence-corrected chi connectivity index (χ2v) is 5.03. The molecule has 0 saturated carbocycles. The number of hydrogen-bond acceptors (Lipinski definition) is 6. The summed E-state index contributed by atoms with van der Waals surface area (Å²) in [5.41, 5.74) is 0.142. The van der Waals surface area contributed by atoms with Crippen LogP contribution in [0.1, 0.15) is 5.56 Å². The normalized spacial score (nSPS) is 10.5. The van der Waals surface area contributed by atoms with Gasteiger partial charge in [0.25, 0.3) is 0 Å². The van der Waals surface area contributed by atoms with Crippen LogP contribution in [0.3, 0.4) is 0 Å². The smallest absolute Gasteiger partial charge is 0.344 e. The number of benzene rings is 2. The van der Waals surface area contributed by atoms with E-state index in [9.17, 15) is 14.7 Å². The molecule has 0 fully saturated rings. The molecule has 6 heteroatoms. The van der Waals surface area contributed by atoms with Crippen molar-refractivity contribution in [3.05, 3.63) is 70.6 Å². The van der Waals surface area contributed by atoms with Gasteiger partial charge in [-0.2, -0.15) is 0 Å². The van der Waals surface area contributed by atoms with Crippen LogP contribution in [0.25, 0.3) is 11.0 Å². The molecule has 0 amide bonds. The largest absolute Gasteiger partial charge is 0.508 e. The number of phenolic OH excluding ortho intramolecular Hbond substituents is 1. The number of para-hydroxylation sites is 1. The predicted octanol–water partition coefficient (Wildman–Crippen LogP) is 2.62. The van der Waals surface area contributed by atoms with Crippen molar-refractivity contribution in [2.75, 3.05) is 6.61 Å². The van der Waals surface area contributed by atoms with Crippen LogP contribution in [0, 0.1) is 0 Å². The van der Waals surface area contributed by atoms with Gasteiger partial charge in [-0.15, -0.1) is 0 Å². The summed E-state index contributed by atoms with van der Waals surface area (Å²) in [6, 6.07) is 14.5. The zero-order chi connectivity index (χ0) is 16.9. The van der Waals surface area contributed by atoms with Gasteiger partial charge in [-0.3, -0.25) is 0 Å². The first-order valence-electron chi connectivity index (χ1n) is 7.21. The number of carbonyl (C=O) groups excluding carboxylic acids is 1. The first kappa shape index (κ1) is 15.6. The minimum Gasteiger partial charge on any atom is -0.508 e. The van der Waals surface area contributed by atoms with E-state index in [1.807, 2.05) is 6.07 Å². The first-order chi connectivity index (χ1) is 11.6. The van der Waals surface area contributed by atoms with E-state index in [4.69, 9.17) is 13.9 Å². The molecule has 0 spiro atoms. The number of fused-ring (bicyclic) bond motifs is 1. The lowest BCUT2D eigenvalue weighted by atomic mass is 10.1. The fraction of sp³-hybridized carbons (Fsp3) is 0.111. The molecular formula is C18H14O6. The van der Waals surface area contributed by atoms with E-state index >= 15 is 0 Å². The molecule has 0 aliphatic heterocycles. The molecule has 1 heterocycles. The van der Waals surface area contributed by atoms with Gasteiger partial charge in [-0.1, -0.05) is 18.2 Å². The lowest BCUT2D eigenvalue weighted by molar-refractivity contribution is -0.147. The highest BCUT2D eigenvalue weighted by Crippen LogP contribution is 2.22. The summed E-state index contributed by atoms with van der Waals surface area (Å²) in [5, 5.41) is 10.0. The fourth-order valence-corrected chi connectivity index (χ4v) is 2.20. The van der Waals surface area contributed by atoms with E-state index < -0.39 is 11.6 Å². The molecule has 0 aliphatic carbocycles. The van der Waals surface area contributed by atoms with Gasteiger partial charge in [0.05, 0.1) is 0 Å². The predicted molar refractivity (Wildman–Crippen MR) is 85.9 cm³/mol. The van der Waals surface area contributed by atoms with Gasteiger partial charge in [0.2, 0.25) is 0 Å². The van der Waals surface area contributed by atoms with Gasteiger partial charge in [0, 0.05) is 23.1 Å².